The van der Waals surface area contributed by atoms with Crippen LogP contribution in [-0.4, -0.2) is 18.7 Å². The molecule has 0 bridgehead atoms. The highest BCUT2D eigenvalue weighted by molar-refractivity contribution is 5.71. The van der Waals surface area contributed by atoms with Crippen LogP contribution in [0.3, 0.4) is 0 Å². The molecule has 3 nitrogen and oxygen atoms in total. The number of carbonyl (C=O) groups is 1. The Balaban J connectivity index is 2.39. The molecule has 0 N–H and O–H groups in total. The Hall–Kier alpha value is -1.51. The lowest BCUT2D eigenvalue weighted by molar-refractivity contribution is -0.149. The van der Waals surface area contributed by atoms with E-state index in [4.69, 9.17) is 9.47 Å². The summed E-state index contributed by atoms with van der Waals surface area (Å²) >= 11 is 0. The summed E-state index contributed by atoms with van der Waals surface area (Å²) in [6.45, 7) is 5.74. The van der Waals surface area contributed by atoms with E-state index in [1.165, 1.54) is 5.56 Å². The van der Waals surface area contributed by atoms with Crippen molar-refractivity contribution in [2.45, 2.75) is 39.7 Å². The van der Waals surface area contributed by atoms with Gasteiger partial charge in [-0.15, -0.1) is 0 Å². The third kappa shape index (κ3) is 5.38. The van der Waals surface area contributed by atoms with Crippen molar-refractivity contribution >= 4 is 5.97 Å². The second-order valence-electron chi connectivity index (χ2n) is 4.22. The van der Waals surface area contributed by atoms with Crippen LogP contribution in [0.5, 0.6) is 5.75 Å². The standard InChI is InChI=1S/C14H20O3/c1-4-5-12-6-8-13(9-7-12)16-10-14(15)17-11(2)3/h6-9,11H,4-5,10H2,1-3H3. The maximum atomic E-state index is 11.2. The van der Waals surface area contributed by atoms with Crippen molar-refractivity contribution in [3.63, 3.8) is 0 Å². The fourth-order valence-corrected chi connectivity index (χ4v) is 1.48. The maximum Gasteiger partial charge on any atom is 0.344 e. The molecule has 0 aliphatic rings. The molecule has 3 heteroatoms. The smallest absolute Gasteiger partial charge is 0.344 e. The molecule has 0 fully saturated rings. The van der Waals surface area contributed by atoms with Crippen molar-refractivity contribution in [3.05, 3.63) is 29.8 Å². The zero-order valence-electron chi connectivity index (χ0n) is 10.7. The van der Waals surface area contributed by atoms with Gasteiger partial charge in [-0.2, -0.15) is 0 Å². The van der Waals surface area contributed by atoms with Crippen molar-refractivity contribution in [2.75, 3.05) is 6.61 Å². The van der Waals surface area contributed by atoms with E-state index >= 15 is 0 Å². The summed E-state index contributed by atoms with van der Waals surface area (Å²) in [6, 6.07) is 7.81. The third-order valence-electron chi connectivity index (χ3n) is 2.19. The zero-order chi connectivity index (χ0) is 12.7. The molecule has 0 saturated heterocycles. The van der Waals surface area contributed by atoms with Gasteiger partial charge in [0, 0.05) is 0 Å². The lowest BCUT2D eigenvalue weighted by Crippen LogP contribution is -2.18. The van der Waals surface area contributed by atoms with Gasteiger partial charge in [0.05, 0.1) is 6.10 Å². The molecular formula is C14H20O3. The minimum absolute atomic E-state index is 0.0364. The molecule has 0 saturated carbocycles. The van der Waals surface area contributed by atoms with Crippen LogP contribution in [-0.2, 0) is 16.0 Å². The highest BCUT2D eigenvalue weighted by Gasteiger charge is 2.06. The van der Waals surface area contributed by atoms with Crippen LogP contribution >= 0.6 is 0 Å². The second kappa shape index (κ2) is 6.94. The van der Waals surface area contributed by atoms with Crippen molar-refractivity contribution in [1.29, 1.82) is 0 Å². The molecule has 0 aliphatic heterocycles. The first kappa shape index (κ1) is 13.6. The third-order valence-corrected chi connectivity index (χ3v) is 2.19. The number of hydrogen-bond acceptors (Lipinski definition) is 3. The van der Waals surface area contributed by atoms with E-state index in [0.29, 0.717) is 5.75 Å². The molecule has 0 aromatic heterocycles. The first-order chi connectivity index (χ1) is 8.11. The fraction of sp³-hybridized carbons (Fsp3) is 0.500. The Morgan fingerprint density at radius 3 is 2.41 bits per heavy atom. The van der Waals surface area contributed by atoms with Crippen molar-refractivity contribution < 1.29 is 14.3 Å². The van der Waals surface area contributed by atoms with Gasteiger partial charge in [0.15, 0.2) is 6.61 Å². The van der Waals surface area contributed by atoms with Crippen LogP contribution in [0.15, 0.2) is 24.3 Å². The van der Waals surface area contributed by atoms with E-state index in [-0.39, 0.29) is 18.7 Å². The molecule has 0 radical (unpaired) electrons. The number of benzene rings is 1. The van der Waals surface area contributed by atoms with Gasteiger partial charge in [-0.25, -0.2) is 4.79 Å². The van der Waals surface area contributed by atoms with Gasteiger partial charge >= 0.3 is 5.97 Å². The number of carbonyl (C=O) groups excluding carboxylic acids is 1. The molecule has 1 aromatic carbocycles. The Morgan fingerprint density at radius 2 is 1.88 bits per heavy atom. The summed E-state index contributed by atoms with van der Waals surface area (Å²) in [6.07, 6.45) is 2.09. The van der Waals surface area contributed by atoms with Crippen LogP contribution < -0.4 is 4.74 Å². The average Bonchev–Trinajstić information content (AvgIpc) is 2.28. The van der Waals surface area contributed by atoms with Gasteiger partial charge in [-0.1, -0.05) is 25.5 Å². The summed E-state index contributed by atoms with van der Waals surface area (Å²) in [7, 11) is 0. The highest BCUT2D eigenvalue weighted by atomic mass is 16.6. The van der Waals surface area contributed by atoms with Gasteiger partial charge in [0.25, 0.3) is 0 Å². The lowest BCUT2D eigenvalue weighted by atomic mass is 10.1. The van der Waals surface area contributed by atoms with E-state index in [1.54, 1.807) is 0 Å². The Bertz CT molecular complexity index is 341. The van der Waals surface area contributed by atoms with E-state index in [2.05, 4.69) is 6.92 Å². The highest BCUT2D eigenvalue weighted by Crippen LogP contribution is 2.13. The van der Waals surface area contributed by atoms with Crippen molar-refractivity contribution in [3.8, 4) is 5.75 Å². The molecule has 1 aromatic rings. The van der Waals surface area contributed by atoms with E-state index in [0.717, 1.165) is 12.8 Å². The normalized spacial score (nSPS) is 10.4. The molecule has 94 valence electrons. The number of rotatable bonds is 6. The molecule has 0 aliphatic carbocycles. The van der Waals surface area contributed by atoms with Gasteiger partial charge in [0.2, 0.25) is 0 Å². The molecular weight excluding hydrogens is 216 g/mol. The van der Waals surface area contributed by atoms with E-state index in [1.807, 2.05) is 38.1 Å². The molecule has 1 rings (SSSR count). The molecule has 0 heterocycles. The molecule has 0 spiro atoms. The Morgan fingerprint density at radius 1 is 1.24 bits per heavy atom. The fourth-order valence-electron chi connectivity index (χ4n) is 1.48. The molecule has 0 unspecified atom stereocenters. The number of aryl methyl sites for hydroxylation is 1. The van der Waals surface area contributed by atoms with Crippen LogP contribution in [0, 0.1) is 0 Å². The lowest BCUT2D eigenvalue weighted by Gasteiger charge is -2.09. The quantitative estimate of drug-likeness (QED) is 0.712. The summed E-state index contributed by atoms with van der Waals surface area (Å²) in [5.74, 6) is 0.364. The summed E-state index contributed by atoms with van der Waals surface area (Å²) < 4.78 is 10.3. The van der Waals surface area contributed by atoms with Gasteiger partial charge in [-0.05, 0) is 38.0 Å². The second-order valence-corrected chi connectivity index (χ2v) is 4.22. The van der Waals surface area contributed by atoms with Gasteiger partial charge < -0.3 is 9.47 Å². The molecule has 0 amide bonds. The predicted octanol–water partition coefficient (Wildman–Crippen LogP) is 2.97. The molecule has 0 atom stereocenters. The van der Waals surface area contributed by atoms with E-state index < -0.39 is 0 Å². The number of hydrogen-bond donors (Lipinski definition) is 0. The average molecular weight is 236 g/mol. The molecule has 17 heavy (non-hydrogen) atoms. The van der Waals surface area contributed by atoms with E-state index in [9.17, 15) is 4.79 Å². The predicted molar refractivity (Wildman–Crippen MR) is 67.2 cm³/mol. The van der Waals surface area contributed by atoms with Gasteiger partial charge in [-0.3, -0.25) is 0 Å². The first-order valence-electron chi connectivity index (χ1n) is 6.03. The number of esters is 1. The minimum Gasteiger partial charge on any atom is -0.482 e. The largest absolute Gasteiger partial charge is 0.482 e. The van der Waals surface area contributed by atoms with Crippen molar-refractivity contribution in [2.24, 2.45) is 0 Å². The monoisotopic (exact) mass is 236 g/mol. The zero-order valence-corrected chi connectivity index (χ0v) is 10.7. The Kier molecular flexibility index (Phi) is 5.53. The minimum atomic E-state index is -0.336. The van der Waals surface area contributed by atoms with Gasteiger partial charge in [0.1, 0.15) is 5.75 Å². The van der Waals surface area contributed by atoms with Crippen LogP contribution in [0.1, 0.15) is 32.8 Å². The summed E-state index contributed by atoms with van der Waals surface area (Å²) in [5.41, 5.74) is 1.28. The SMILES string of the molecule is CCCc1ccc(OCC(=O)OC(C)C)cc1. The van der Waals surface area contributed by atoms with Crippen LogP contribution in [0.4, 0.5) is 0 Å². The maximum absolute atomic E-state index is 11.2. The topological polar surface area (TPSA) is 35.5 Å². The summed E-state index contributed by atoms with van der Waals surface area (Å²) in [4.78, 5) is 11.2. The Labute approximate surface area is 103 Å². The number of ether oxygens (including phenoxy) is 2. The summed E-state index contributed by atoms with van der Waals surface area (Å²) in [5, 5.41) is 0. The van der Waals surface area contributed by atoms with Crippen LogP contribution in [0.25, 0.3) is 0 Å². The first-order valence-corrected chi connectivity index (χ1v) is 6.03. The van der Waals surface area contributed by atoms with Crippen LogP contribution in [0.2, 0.25) is 0 Å². The van der Waals surface area contributed by atoms with Crippen molar-refractivity contribution in [1.82, 2.24) is 0 Å².